The van der Waals surface area contributed by atoms with Gasteiger partial charge in [0.15, 0.2) is 5.02 Å². The van der Waals surface area contributed by atoms with Crippen LogP contribution in [0, 0.1) is 16.0 Å². The van der Waals surface area contributed by atoms with Crippen molar-refractivity contribution in [2.24, 2.45) is 5.92 Å². The molecule has 1 aromatic heterocycles. The van der Waals surface area contributed by atoms with Gasteiger partial charge in [0.2, 0.25) is 0 Å². The third kappa shape index (κ3) is 2.30. The number of nitro groups is 1. The van der Waals surface area contributed by atoms with Crippen molar-refractivity contribution in [3.63, 3.8) is 0 Å². The molecular formula is C8H10ClN3O4. The number of halogens is 1. The van der Waals surface area contributed by atoms with Crippen LogP contribution < -0.4 is 0 Å². The Hall–Kier alpha value is -1.63. The predicted octanol–water partition coefficient (Wildman–Crippen LogP) is 1.73. The molecule has 88 valence electrons. The molecule has 8 heteroatoms. The zero-order valence-corrected chi connectivity index (χ0v) is 9.38. The fourth-order valence-electron chi connectivity index (χ4n) is 1.13. The molecular weight excluding hydrogens is 238 g/mol. The van der Waals surface area contributed by atoms with E-state index in [-0.39, 0.29) is 5.02 Å². The number of carboxylic acids is 1. The van der Waals surface area contributed by atoms with Crippen molar-refractivity contribution in [3.05, 3.63) is 21.3 Å². The summed E-state index contributed by atoms with van der Waals surface area (Å²) in [6, 6.07) is -0.510. The van der Waals surface area contributed by atoms with Gasteiger partial charge in [-0.1, -0.05) is 11.6 Å². The average molecular weight is 248 g/mol. The lowest BCUT2D eigenvalue weighted by molar-refractivity contribution is -0.389. The molecule has 1 aromatic rings. The van der Waals surface area contributed by atoms with E-state index in [1.54, 1.807) is 6.92 Å². The number of hydrogen-bond acceptors (Lipinski definition) is 4. The molecule has 0 amide bonds. The predicted molar refractivity (Wildman–Crippen MR) is 55.4 cm³/mol. The van der Waals surface area contributed by atoms with E-state index in [9.17, 15) is 14.9 Å². The molecule has 0 saturated heterocycles. The van der Waals surface area contributed by atoms with Crippen LogP contribution in [-0.2, 0) is 4.79 Å². The van der Waals surface area contributed by atoms with E-state index in [0.29, 0.717) is 0 Å². The molecule has 2 unspecified atom stereocenters. The Labute approximate surface area is 95.8 Å². The minimum atomic E-state index is -0.998. The van der Waals surface area contributed by atoms with Gasteiger partial charge in [-0.25, -0.2) is 0 Å². The first-order valence-corrected chi connectivity index (χ1v) is 4.84. The summed E-state index contributed by atoms with van der Waals surface area (Å²) >= 11 is 5.60. The lowest BCUT2D eigenvalue weighted by atomic mass is 10.1. The van der Waals surface area contributed by atoms with Gasteiger partial charge in [-0.15, -0.1) is 0 Å². The lowest BCUT2D eigenvalue weighted by Gasteiger charge is -2.12. The van der Waals surface area contributed by atoms with Crippen molar-refractivity contribution in [2.75, 3.05) is 0 Å². The molecule has 0 spiro atoms. The van der Waals surface area contributed by atoms with Crippen molar-refractivity contribution >= 4 is 23.4 Å². The van der Waals surface area contributed by atoms with Crippen LogP contribution in [0.3, 0.4) is 0 Å². The molecule has 0 radical (unpaired) electrons. The van der Waals surface area contributed by atoms with Crippen LogP contribution in [0.2, 0.25) is 5.02 Å². The molecule has 0 bridgehead atoms. The summed E-state index contributed by atoms with van der Waals surface area (Å²) in [5, 5.41) is 22.8. The first-order chi connectivity index (χ1) is 7.34. The number of aliphatic carboxylic acids is 1. The third-order valence-electron chi connectivity index (χ3n) is 2.37. The van der Waals surface area contributed by atoms with Gasteiger partial charge < -0.3 is 15.2 Å². The highest BCUT2D eigenvalue weighted by atomic mass is 35.5. The highest BCUT2D eigenvalue weighted by Crippen LogP contribution is 2.26. The van der Waals surface area contributed by atoms with Crippen molar-refractivity contribution in [1.82, 2.24) is 9.78 Å². The molecule has 1 rings (SSSR count). The van der Waals surface area contributed by atoms with E-state index in [1.807, 2.05) is 0 Å². The molecule has 0 aliphatic rings. The fraction of sp³-hybridized carbons (Fsp3) is 0.500. The van der Waals surface area contributed by atoms with Gasteiger partial charge >= 0.3 is 11.8 Å². The maximum Gasteiger partial charge on any atom is 0.408 e. The van der Waals surface area contributed by atoms with Gasteiger partial charge in [0, 0.05) is 0 Å². The molecule has 0 aromatic carbocycles. The summed E-state index contributed by atoms with van der Waals surface area (Å²) in [4.78, 5) is 20.5. The van der Waals surface area contributed by atoms with Gasteiger partial charge in [0.1, 0.15) is 0 Å². The zero-order valence-electron chi connectivity index (χ0n) is 8.62. The Morgan fingerprint density at radius 2 is 2.25 bits per heavy atom. The SMILES string of the molecule is CC(C(=O)O)C(C)n1cc(Cl)c([N+](=O)[O-])n1. The van der Waals surface area contributed by atoms with Gasteiger partial charge in [-0.3, -0.25) is 4.79 Å². The van der Waals surface area contributed by atoms with Crippen LogP contribution in [0.15, 0.2) is 6.20 Å². The molecule has 2 atom stereocenters. The summed E-state index contributed by atoms with van der Waals surface area (Å²) < 4.78 is 1.19. The Bertz CT molecular complexity index is 431. The summed E-state index contributed by atoms with van der Waals surface area (Å²) in [5.74, 6) is -2.18. The highest BCUT2D eigenvalue weighted by Gasteiger charge is 2.27. The molecule has 1 N–H and O–H groups in total. The van der Waals surface area contributed by atoms with Gasteiger partial charge in [0.05, 0.1) is 23.3 Å². The Balaban J connectivity index is 3.01. The van der Waals surface area contributed by atoms with E-state index >= 15 is 0 Å². The number of carbonyl (C=O) groups is 1. The van der Waals surface area contributed by atoms with Gasteiger partial charge in [-0.2, -0.15) is 4.68 Å². The quantitative estimate of drug-likeness (QED) is 0.645. The first-order valence-electron chi connectivity index (χ1n) is 4.46. The van der Waals surface area contributed by atoms with Crippen LogP contribution in [0.4, 0.5) is 5.82 Å². The number of nitrogens with zero attached hydrogens (tertiary/aromatic N) is 3. The smallest absolute Gasteiger partial charge is 0.408 e. The minimum absolute atomic E-state index is 0.102. The summed E-state index contributed by atoms with van der Waals surface area (Å²) in [5.41, 5.74) is 0. The fourth-order valence-corrected chi connectivity index (χ4v) is 1.33. The number of rotatable bonds is 4. The van der Waals surface area contributed by atoms with Crippen molar-refractivity contribution in [2.45, 2.75) is 19.9 Å². The van der Waals surface area contributed by atoms with E-state index < -0.39 is 28.7 Å². The van der Waals surface area contributed by atoms with Crippen LogP contribution in [0.5, 0.6) is 0 Å². The number of hydrogen-bond donors (Lipinski definition) is 1. The maximum atomic E-state index is 10.7. The summed E-state index contributed by atoms with van der Waals surface area (Å²) in [7, 11) is 0. The Morgan fingerprint density at radius 3 is 2.62 bits per heavy atom. The second kappa shape index (κ2) is 4.48. The lowest BCUT2D eigenvalue weighted by Crippen LogP contribution is -2.22. The molecule has 1 heterocycles. The summed E-state index contributed by atoms with van der Waals surface area (Å²) in [6.45, 7) is 3.10. The second-order valence-corrected chi connectivity index (χ2v) is 3.81. The van der Waals surface area contributed by atoms with E-state index in [2.05, 4.69) is 5.10 Å². The molecule has 7 nitrogen and oxygen atoms in total. The topological polar surface area (TPSA) is 98.3 Å². The van der Waals surface area contributed by atoms with Crippen LogP contribution >= 0.6 is 11.6 Å². The van der Waals surface area contributed by atoms with Gasteiger partial charge in [-0.05, 0) is 18.8 Å². The monoisotopic (exact) mass is 247 g/mol. The summed E-state index contributed by atoms with van der Waals surface area (Å²) in [6.07, 6.45) is 1.25. The standard InChI is InChI=1S/C8H10ClN3O4/c1-4(8(13)14)5(2)11-3-6(9)7(10-11)12(15)16/h3-5H,1-2H3,(H,13,14). The molecule has 0 aliphatic heterocycles. The van der Waals surface area contributed by atoms with Crippen LogP contribution in [-0.4, -0.2) is 25.8 Å². The van der Waals surface area contributed by atoms with E-state index in [0.717, 1.165) is 0 Å². The maximum absolute atomic E-state index is 10.7. The molecule has 0 aliphatic carbocycles. The first kappa shape index (κ1) is 12.4. The average Bonchev–Trinajstić information content (AvgIpc) is 2.58. The minimum Gasteiger partial charge on any atom is -0.481 e. The van der Waals surface area contributed by atoms with Crippen molar-refractivity contribution in [3.8, 4) is 0 Å². The highest BCUT2D eigenvalue weighted by molar-refractivity contribution is 6.32. The molecule has 0 fully saturated rings. The normalized spacial score (nSPS) is 14.4. The zero-order chi connectivity index (χ0) is 12.5. The van der Waals surface area contributed by atoms with Crippen LogP contribution in [0.1, 0.15) is 19.9 Å². The molecule has 0 saturated carbocycles. The Morgan fingerprint density at radius 1 is 1.69 bits per heavy atom. The number of aromatic nitrogens is 2. The Kier molecular flexibility index (Phi) is 3.48. The van der Waals surface area contributed by atoms with Crippen LogP contribution in [0.25, 0.3) is 0 Å². The van der Waals surface area contributed by atoms with Crippen molar-refractivity contribution < 1.29 is 14.8 Å². The molecule has 16 heavy (non-hydrogen) atoms. The second-order valence-electron chi connectivity index (χ2n) is 3.41. The largest absolute Gasteiger partial charge is 0.481 e. The van der Waals surface area contributed by atoms with E-state index in [1.165, 1.54) is 17.8 Å². The third-order valence-corrected chi connectivity index (χ3v) is 2.64. The van der Waals surface area contributed by atoms with Crippen molar-refractivity contribution in [1.29, 1.82) is 0 Å². The van der Waals surface area contributed by atoms with Gasteiger partial charge in [0.25, 0.3) is 0 Å². The number of carboxylic acid groups (broad SMARTS) is 1. The van der Waals surface area contributed by atoms with E-state index in [4.69, 9.17) is 16.7 Å².